The maximum atomic E-state index is 12.9. The van der Waals surface area contributed by atoms with Crippen LogP contribution in [0.2, 0.25) is 0 Å². The molecule has 0 saturated carbocycles. The van der Waals surface area contributed by atoms with Crippen molar-refractivity contribution in [3.63, 3.8) is 0 Å². The number of thiazole rings is 1. The van der Waals surface area contributed by atoms with Gasteiger partial charge in [-0.05, 0) is 62.3 Å². The van der Waals surface area contributed by atoms with E-state index < -0.39 is 11.7 Å². The summed E-state index contributed by atoms with van der Waals surface area (Å²) < 4.78 is 11.2. The van der Waals surface area contributed by atoms with Crippen LogP contribution in [0.3, 0.4) is 0 Å². The number of carbonyl (C=O) groups excluding carboxylic acids is 3. The van der Waals surface area contributed by atoms with Crippen molar-refractivity contribution in [2.75, 3.05) is 25.0 Å². The minimum absolute atomic E-state index is 0.0199. The second-order valence-electron chi connectivity index (χ2n) is 11.7. The number of fused-ring (bicyclic) bond motifs is 4. The smallest absolute Gasteiger partial charge is 0.410 e. The van der Waals surface area contributed by atoms with Crippen LogP contribution in [0.25, 0.3) is 11.1 Å². The number of hydrogen-bond acceptors (Lipinski definition) is 7. The summed E-state index contributed by atoms with van der Waals surface area (Å²) >= 11 is 1.41. The van der Waals surface area contributed by atoms with Crippen LogP contribution < -0.4 is 10.6 Å². The van der Waals surface area contributed by atoms with E-state index >= 15 is 0 Å². The summed E-state index contributed by atoms with van der Waals surface area (Å²) in [5.41, 5.74) is 4.95. The molecule has 0 radical (unpaired) electrons. The van der Waals surface area contributed by atoms with Crippen molar-refractivity contribution >= 4 is 34.6 Å². The fraction of sp³-hybridized carbons (Fsp3) is 0.438. The number of nitrogens with one attached hydrogen (secondary N) is 2. The van der Waals surface area contributed by atoms with E-state index in [1.165, 1.54) is 11.3 Å². The lowest BCUT2D eigenvalue weighted by Crippen LogP contribution is -2.46. The van der Waals surface area contributed by atoms with E-state index in [1.807, 2.05) is 56.9 Å². The van der Waals surface area contributed by atoms with Crippen molar-refractivity contribution in [1.29, 1.82) is 0 Å². The number of carbonyl (C=O) groups is 3. The molecule has 222 valence electrons. The highest BCUT2D eigenvalue weighted by molar-refractivity contribution is 7.15. The minimum Gasteiger partial charge on any atom is -0.449 e. The molecule has 2 aromatic carbocycles. The maximum absolute atomic E-state index is 12.9. The predicted molar refractivity (Wildman–Crippen MR) is 163 cm³/mol. The summed E-state index contributed by atoms with van der Waals surface area (Å²) in [5.74, 6) is -0.432. The van der Waals surface area contributed by atoms with Gasteiger partial charge in [0, 0.05) is 29.8 Å². The molecule has 1 atom stereocenters. The molecule has 2 N–H and O–H groups in total. The largest absolute Gasteiger partial charge is 0.449 e. The zero-order valence-electron chi connectivity index (χ0n) is 24.6. The number of ether oxygens (including phenoxy) is 2. The lowest BCUT2D eigenvalue weighted by Gasteiger charge is -2.35. The second-order valence-corrected chi connectivity index (χ2v) is 12.8. The fourth-order valence-corrected chi connectivity index (χ4v) is 6.72. The van der Waals surface area contributed by atoms with Gasteiger partial charge in [-0.15, -0.1) is 11.3 Å². The Bertz CT molecular complexity index is 1420. The Morgan fingerprint density at radius 1 is 1.05 bits per heavy atom. The van der Waals surface area contributed by atoms with Crippen molar-refractivity contribution in [2.45, 2.75) is 70.9 Å². The van der Waals surface area contributed by atoms with Crippen LogP contribution in [-0.2, 0) is 27.1 Å². The molecule has 3 amide bonds. The van der Waals surface area contributed by atoms with Gasteiger partial charge in [-0.2, -0.15) is 0 Å². The first-order valence-electron chi connectivity index (χ1n) is 14.5. The fourth-order valence-electron chi connectivity index (χ4n) is 5.63. The molecule has 3 aromatic rings. The normalized spacial score (nSPS) is 15.7. The monoisotopic (exact) mass is 590 g/mol. The highest BCUT2D eigenvalue weighted by Gasteiger charge is 2.32. The number of anilines is 1. The van der Waals surface area contributed by atoms with E-state index in [2.05, 4.69) is 39.9 Å². The lowest BCUT2D eigenvalue weighted by molar-refractivity contribution is -0.115. The van der Waals surface area contributed by atoms with Crippen LogP contribution in [0, 0.1) is 0 Å². The molecule has 0 aliphatic heterocycles. The zero-order chi connectivity index (χ0) is 29.9. The molecular weight excluding hydrogens is 552 g/mol. The molecule has 9 nitrogen and oxygen atoms in total. The maximum Gasteiger partial charge on any atom is 0.410 e. The molecule has 0 bridgehead atoms. The molecule has 2 aliphatic carbocycles. The second kappa shape index (κ2) is 12.5. The van der Waals surface area contributed by atoms with E-state index in [4.69, 9.17) is 9.47 Å². The molecule has 5 rings (SSSR count). The summed E-state index contributed by atoms with van der Waals surface area (Å²) in [6.07, 6.45) is 2.06. The van der Waals surface area contributed by atoms with Crippen LogP contribution in [0.4, 0.5) is 14.7 Å². The summed E-state index contributed by atoms with van der Waals surface area (Å²) in [7, 11) is 0. The first-order chi connectivity index (χ1) is 20.1. The van der Waals surface area contributed by atoms with Crippen molar-refractivity contribution in [3.8, 4) is 11.1 Å². The van der Waals surface area contributed by atoms with E-state index in [1.54, 1.807) is 0 Å². The number of hydrogen-bond donors (Lipinski definition) is 2. The minimum atomic E-state index is -0.647. The number of rotatable bonds is 8. The van der Waals surface area contributed by atoms with Gasteiger partial charge in [-0.1, -0.05) is 55.5 Å². The van der Waals surface area contributed by atoms with E-state index in [0.29, 0.717) is 24.5 Å². The van der Waals surface area contributed by atoms with Crippen molar-refractivity contribution in [2.24, 2.45) is 0 Å². The van der Waals surface area contributed by atoms with Crippen LogP contribution in [0.5, 0.6) is 0 Å². The Morgan fingerprint density at radius 3 is 2.36 bits per heavy atom. The van der Waals surface area contributed by atoms with Gasteiger partial charge < -0.3 is 25.0 Å². The van der Waals surface area contributed by atoms with Gasteiger partial charge in [0.1, 0.15) is 18.8 Å². The summed E-state index contributed by atoms with van der Waals surface area (Å²) in [6.45, 7) is 8.23. The first kappa shape index (κ1) is 29.6. The Morgan fingerprint density at radius 2 is 1.71 bits per heavy atom. The molecular formula is C32H38N4O5S. The lowest BCUT2D eigenvalue weighted by atomic mass is 9.96. The topological polar surface area (TPSA) is 110 Å². The van der Waals surface area contributed by atoms with E-state index in [-0.39, 0.29) is 37.1 Å². The molecule has 0 fully saturated rings. The highest BCUT2D eigenvalue weighted by Crippen LogP contribution is 2.44. The summed E-state index contributed by atoms with van der Waals surface area (Å²) in [5, 5.41) is 5.83. The molecule has 0 saturated heterocycles. The van der Waals surface area contributed by atoms with Gasteiger partial charge in [-0.25, -0.2) is 14.6 Å². The van der Waals surface area contributed by atoms with Gasteiger partial charge in [0.05, 0.1) is 5.69 Å². The summed E-state index contributed by atoms with van der Waals surface area (Å²) in [4.78, 5) is 45.4. The van der Waals surface area contributed by atoms with Crippen LogP contribution in [0.15, 0.2) is 48.5 Å². The zero-order valence-corrected chi connectivity index (χ0v) is 25.4. The van der Waals surface area contributed by atoms with Gasteiger partial charge in [0.25, 0.3) is 0 Å². The van der Waals surface area contributed by atoms with Crippen molar-refractivity contribution in [1.82, 2.24) is 15.2 Å². The van der Waals surface area contributed by atoms with Crippen LogP contribution >= 0.6 is 11.3 Å². The van der Waals surface area contributed by atoms with Crippen molar-refractivity contribution in [3.05, 3.63) is 70.2 Å². The van der Waals surface area contributed by atoms with Gasteiger partial charge >= 0.3 is 12.2 Å². The van der Waals surface area contributed by atoms with E-state index in [0.717, 1.165) is 45.7 Å². The molecule has 0 unspecified atom stereocenters. The molecule has 1 heterocycles. The SMILES string of the molecule is CCCN(C(=O)OC(C)(C)C)[C@H]1CCc2nc(NC(=O)CNC(=O)OCC3c4ccccc4-c4ccccc43)sc2C1. The average Bonchev–Trinajstić information content (AvgIpc) is 3.50. The Hall–Kier alpha value is -3.92. The molecule has 10 heteroatoms. The molecule has 42 heavy (non-hydrogen) atoms. The number of alkyl carbamates (subject to hydrolysis) is 1. The number of amides is 3. The third kappa shape index (κ3) is 6.75. The number of nitrogens with zero attached hydrogens (tertiary/aromatic N) is 2. The third-order valence-corrected chi connectivity index (χ3v) is 8.47. The average molecular weight is 591 g/mol. The molecule has 2 aliphatic rings. The number of aryl methyl sites for hydroxylation is 1. The Kier molecular flexibility index (Phi) is 8.82. The third-order valence-electron chi connectivity index (χ3n) is 7.43. The van der Waals surface area contributed by atoms with Crippen LogP contribution in [-0.4, -0.2) is 59.3 Å². The standard InChI is InChI=1S/C32H38N4O5S/c1-5-16-36(31(39)41-32(2,3)4)20-14-15-26-27(17-20)42-29(34-26)35-28(37)18-33-30(38)40-19-25-23-12-8-6-10-21(23)22-11-7-9-13-24(22)25/h6-13,20,25H,5,14-19H2,1-4H3,(H,33,38)(H,34,35,37)/t20-/m0/s1. The van der Waals surface area contributed by atoms with Gasteiger partial charge in [-0.3, -0.25) is 4.79 Å². The quantitative estimate of drug-likeness (QED) is 0.327. The molecule has 1 aromatic heterocycles. The van der Waals surface area contributed by atoms with Crippen molar-refractivity contribution < 1.29 is 23.9 Å². The van der Waals surface area contributed by atoms with Gasteiger partial charge in [0.15, 0.2) is 5.13 Å². The van der Waals surface area contributed by atoms with E-state index in [9.17, 15) is 14.4 Å². The Labute approximate surface area is 250 Å². The predicted octanol–water partition coefficient (Wildman–Crippen LogP) is 6.12. The highest BCUT2D eigenvalue weighted by atomic mass is 32.1. The van der Waals surface area contributed by atoms with Crippen LogP contribution in [0.1, 0.15) is 68.2 Å². The molecule has 0 spiro atoms. The number of aromatic nitrogens is 1. The Balaban J connectivity index is 1.12. The number of benzene rings is 2. The first-order valence-corrected chi connectivity index (χ1v) is 15.3. The van der Waals surface area contributed by atoms with Gasteiger partial charge in [0.2, 0.25) is 5.91 Å². The summed E-state index contributed by atoms with van der Waals surface area (Å²) in [6, 6.07) is 16.3.